The molecule has 3 aromatic rings. The van der Waals surface area contributed by atoms with Crippen molar-refractivity contribution >= 4 is 11.7 Å². The lowest BCUT2D eigenvalue weighted by atomic mass is 9.85. The predicted molar refractivity (Wildman–Crippen MR) is 113 cm³/mol. The minimum atomic E-state index is -0.335. The second kappa shape index (κ2) is 7.33. The first kappa shape index (κ1) is 18.4. The molecule has 0 bridgehead atoms. The Hall–Kier alpha value is -3.61. The average Bonchev–Trinajstić information content (AvgIpc) is 3.21. The third-order valence-electron chi connectivity index (χ3n) is 5.63. The summed E-state index contributed by atoms with van der Waals surface area (Å²) in [7, 11) is 3.28. The van der Waals surface area contributed by atoms with Gasteiger partial charge in [0.25, 0.3) is 0 Å². The Kier molecular flexibility index (Phi) is 4.50. The molecule has 2 aromatic carbocycles. The highest BCUT2D eigenvalue weighted by Gasteiger charge is 2.37. The van der Waals surface area contributed by atoms with Gasteiger partial charge in [0.15, 0.2) is 11.6 Å². The summed E-state index contributed by atoms with van der Waals surface area (Å²) in [4.78, 5) is 17.7. The summed E-state index contributed by atoms with van der Waals surface area (Å²) >= 11 is 0. The van der Waals surface area contributed by atoms with Crippen LogP contribution >= 0.6 is 0 Å². The molecule has 0 fully saturated rings. The number of rotatable bonds is 4. The predicted octanol–water partition coefficient (Wildman–Crippen LogP) is 3.98. The van der Waals surface area contributed by atoms with E-state index in [9.17, 15) is 4.79 Å². The van der Waals surface area contributed by atoms with Crippen LogP contribution in [-0.2, 0) is 4.79 Å². The van der Waals surface area contributed by atoms with Crippen LogP contribution < -0.4 is 14.8 Å². The topological polar surface area (TPSA) is 78.3 Å². The number of methoxy groups -OCH3 is 2. The van der Waals surface area contributed by atoms with Crippen LogP contribution in [0.25, 0.3) is 11.4 Å². The van der Waals surface area contributed by atoms with Gasteiger partial charge in [0.2, 0.25) is 5.95 Å². The first-order valence-corrected chi connectivity index (χ1v) is 9.96. The van der Waals surface area contributed by atoms with Crippen LogP contribution in [0.5, 0.6) is 11.5 Å². The molecular formula is C23H22N4O3. The molecule has 0 radical (unpaired) electrons. The Morgan fingerprint density at radius 1 is 1.03 bits per heavy atom. The number of fused-ring (bicyclic) bond motifs is 1. The quantitative estimate of drug-likeness (QED) is 0.711. The zero-order valence-corrected chi connectivity index (χ0v) is 16.9. The molecule has 1 atom stereocenters. The van der Waals surface area contributed by atoms with Gasteiger partial charge in [-0.15, -0.1) is 5.10 Å². The lowest BCUT2D eigenvalue weighted by Crippen LogP contribution is -2.31. The summed E-state index contributed by atoms with van der Waals surface area (Å²) in [5.41, 5.74) is 3.55. The number of allylic oxidation sites excluding steroid dienone is 2. The van der Waals surface area contributed by atoms with E-state index in [1.807, 2.05) is 53.2 Å². The van der Waals surface area contributed by atoms with Crippen molar-refractivity contribution in [2.75, 3.05) is 19.5 Å². The van der Waals surface area contributed by atoms with Gasteiger partial charge in [0.1, 0.15) is 17.5 Å². The van der Waals surface area contributed by atoms with Gasteiger partial charge >= 0.3 is 0 Å². The van der Waals surface area contributed by atoms with Crippen molar-refractivity contribution in [1.82, 2.24) is 14.8 Å². The number of nitrogens with zero attached hydrogens (tertiary/aromatic N) is 3. The number of carbonyl (C=O) groups is 1. The molecular weight excluding hydrogens is 380 g/mol. The van der Waals surface area contributed by atoms with Gasteiger partial charge in [-0.1, -0.05) is 12.1 Å². The molecule has 0 amide bonds. The van der Waals surface area contributed by atoms with Crippen LogP contribution in [0, 0.1) is 0 Å². The lowest BCUT2D eigenvalue weighted by Gasteiger charge is -2.32. The number of Topliss-reactive ketones (excluding diaryl/α,β-unsaturated/α-hetero) is 1. The molecule has 1 aliphatic heterocycles. The highest BCUT2D eigenvalue weighted by Crippen LogP contribution is 2.41. The summed E-state index contributed by atoms with van der Waals surface area (Å²) in [6, 6.07) is 15.1. The first-order valence-electron chi connectivity index (χ1n) is 9.96. The number of ketones is 1. The Morgan fingerprint density at radius 2 is 1.83 bits per heavy atom. The van der Waals surface area contributed by atoms with Gasteiger partial charge in [0.05, 0.1) is 14.2 Å². The van der Waals surface area contributed by atoms with Crippen LogP contribution in [0.2, 0.25) is 0 Å². The van der Waals surface area contributed by atoms with Gasteiger partial charge < -0.3 is 14.8 Å². The largest absolute Gasteiger partial charge is 0.497 e. The fourth-order valence-electron chi connectivity index (χ4n) is 4.14. The zero-order chi connectivity index (χ0) is 20.7. The minimum absolute atomic E-state index is 0.156. The number of nitrogens with one attached hydrogen (secondary N) is 1. The fraction of sp³-hybridized carbons (Fsp3) is 0.261. The Balaban J connectivity index is 1.64. The number of anilines is 1. The molecule has 2 aliphatic rings. The molecule has 0 saturated heterocycles. The smallest absolute Gasteiger partial charge is 0.226 e. The minimum Gasteiger partial charge on any atom is -0.497 e. The maximum atomic E-state index is 12.9. The van der Waals surface area contributed by atoms with E-state index in [0.29, 0.717) is 18.2 Å². The average molecular weight is 402 g/mol. The van der Waals surface area contributed by atoms with Crippen molar-refractivity contribution in [1.29, 1.82) is 0 Å². The Bertz CT molecular complexity index is 1150. The summed E-state index contributed by atoms with van der Waals surface area (Å²) in [6.45, 7) is 0. The molecule has 152 valence electrons. The van der Waals surface area contributed by atoms with Crippen molar-refractivity contribution in [3.05, 3.63) is 65.4 Å². The van der Waals surface area contributed by atoms with Gasteiger partial charge in [-0.05, 0) is 54.8 Å². The van der Waals surface area contributed by atoms with Crippen molar-refractivity contribution in [3.63, 3.8) is 0 Å². The summed E-state index contributed by atoms with van der Waals surface area (Å²) < 4.78 is 12.5. The number of ether oxygens (including phenoxy) is 2. The molecule has 5 rings (SSSR count). The second-order valence-electron chi connectivity index (χ2n) is 7.41. The second-order valence-corrected chi connectivity index (χ2v) is 7.41. The monoisotopic (exact) mass is 402 g/mol. The molecule has 0 unspecified atom stereocenters. The van der Waals surface area contributed by atoms with E-state index >= 15 is 0 Å². The molecule has 0 spiro atoms. The van der Waals surface area contributed by atoms with Gasteiger partial charge in [-0.25, -0.2) is 4.68 Å². The van der Waals surface area contributed by atoms with Crippen LogP contribution in [-0.4, -0.2) is 34.8 Å². The van der Waals surface area contributed by atoms with Crippen molar-refractivity contribution < 1.29 is 14.3 Å². The van der Waals surface area contributed by atoms with Crippen molar-refractivity contribution in [2.24, 2.45) is 0 Å². The number of hydrogen-bond acceptors (Lipinski definition) is 6. The van der Waals surface area contributed by atoms with Crippen LogP contribution in [0.1, 0.15) is 30.9 Å². The maximum absolute atomic E-state index is 12.9. The van der Waals surface area contributed by atoms with Crippen LogP contribution in [0.15, 0.2) is 59.8 Å². The third kappa shape index (κ3) is 3.03. The van der Waals surface area contributed by atoms with E-state index in [4.69, 9.17) is 19.6 Å². The fourth-order valence-corrected chi connectivity index (χ4v) is 4.14. The molecule has 7 nitrogen and oxygen atoms in total. The molecule has 30 heavy (non-hydrogen) atoms. The van der Waals surface area contributed by atoms with Crippen LogP contribution in [0.3, 0.4) is 0 Å². The summed E-state index contributed by atoms with van der Waals surface area (Å²) in [5, 5.41) is 8.15. The van der Waals surface area contributed by atoms with Crippen molar-refractivity contribution in [2.45, 2.75) is 25.3 Å². The van der Waals surface area contributed by atoms with E-state index in [1.165, 1.54) is 0 Å². The molecule has 1 N–H and O–H groups in total. The normalized spacial score (nSPS) is 17.8. The van der Waals surface area contributed by atoms with E-state index in [2.05, 4.69) is 5.32 Å². The van der Waals surface area contributed by atoms with Gasteiger partial charge in [0, 0.05) is 23.3 Å². The Labute approximate surface area is 174 Å². The van der Waals surface area contributed by atoms with E-state index in [0.717, 1.165) is 46.7 Å². The van der Waals surface area contributed by atoms with Gasteiger partial charge in [-0.3, -0.25) is 4.79 Å². The van der Waals surface area contributed by atoms with E-state index in [1.54, 1.807) is 14.2 Å². The molecule has 7 heteroatoms. The maximum Gasteiger partial charge on any atom is 0.226 e. The highest BCUT2D eigenvalue weighted by molar-refractivity contribution is 5.99. The SMILES string of the molecule is COc1ccc(-c2nc3n(n2)[C@@H](c2cccc(OC)c2)C2=C(CCCC2=O)N3)cc1. The summed E-state index contributed by atoms with van der Waals surface area (Å²) in [5.74, 6) is 2.91. The van der Waals surface area contributed by atoms with Gasteiger partial charge in [-0.2, -0.15) is 4.98 Å². The van der Waals surface area contributed by atoms with Crippen molar-refractivity contribution in [3.8, 4) is 22.9 Å². The number of hydrogen-bond donors (Lipinski definition) is 1. The molecule has 0 saturated carbocycles. The van der Waals surface area contributed by atoms with Crippen LogP contribution in [0.4, 0.5) is 5.95 Å². The lowest BCUT2D eigenvalue weighted by molar-refractivity contribution is -0.116. The Morgan fingerprint density at radius 3 is 2.60 bits per heavy atom. The third-order valence-corrected chi connectivity index (χ3v) is 5.63. The van der Waals surface area contributed by atoms with E-state index in [-0.39, 0.29) is 11.8 Å². The molecule has 1 aromatic heterocycles. The number of aromatic nitrogens is 3. The number of carbonyl (C=O) groups excluding carboxylic acids is 1. The molecule has 1 aliphatic carbocycles. The first-order chi connectivity index (χ1) is 14.7. The molecule has 2 heterocycles. The standard InChI is InChI=1S/C23H22N4O3/c1-29-16-11-9-14(10-12-16)22-25-23-24-18-7-4-8-19(28)20(18)21(27(23)26-22)15-5-3-6-17(13-15)30-2/h3,5-6,9-13,21H,4,7-8H2,1-2H3,(H,24,25,26)/t21-/m0/s1. The zero-order valence-electron chi connectivity index (χ0n) is 16.9. The van der Waals surface area contributed by atoms with E-state index < -0.39 is 0 Å². The number of benzene rings is 2. The summed E-state index contributed by atoms with van der Waals surface area (Å²) in [6.07, 6.45) is 2.22. The highest BCUT2D eigenvalue weighted by atomic mass is 16.5.